The normalized spacial score (nSPS) is 12.5. The van der Waals surface area contributed by atoms with Crippen molar-refractivity contribution in [2.75, 3.05) is 12.1 Å². The highest BCUT2D eigenvalue weighted by atomic mass is 19.1. The maximum Gasteiger partial charge on any atom is 0.231 e. The van der Waals surface area contributed by atoms with Crippen molar-refractivity contribution in [1.29, 1.82) is 0 Å². The Morgan fingerprint density at radius 3 is 2.85 bits per heavy atom. The first-order valence-electron chi connectivity index (χ1n) is 6.38. The van der Waals surface area contributed by atoms with Gasteiger partial charge in [-0.15, -0.1) is 0 Å². The molecule has 0 spiro atoms. The Kier molecular flexibility index (Phi) is 3.43. The largest absolute Gasteiger partial charge is 0.454 e. The summed E-state index contributed by atoms with van der Waals surface area (Å²) in [5, 5.41) is 3.20. The van der Waals surface area contributed by atoms with Crippen molar-refractivity contribution >= 4 is 5.69 Å². The van der Waals surface area contributed by atoms with Crippen LogP contribution in [0, 0.1) is 5.82 Å². The van der Waals surface area contributed by atoms with E-state index in [0.717, 1.165) is 17.1 Å². The maximum atomic E-state index is 13.6. The molecule has 0 saturated heterocycles. The molecule has 0 amide bonds. The van der Waals surface area contributed by atoms with Gasteiger partial charge in [0.2, 0.25) is 6.79 Å². The molecule has 0 aliphatic carbocycles. The number of halogens is 1. The van der Waals surface area contributed by atoms with E-state index in [1.54, 1.807) is 6.07 Å². The molecule has 4 nitrogen and oxygen atoms in total. The fourth-order valence-electron chi connectivity index (χ4n) is 2.18. The molecule has 0 unspecified atom stereocenters. The molecule has 0 atom stereocenters. The quantitative estimate of drug-likeness (QED) is 0.900. The molecule has 1 aliphatic rings. The number of hydrogen-bond acceptors (Lipinski definition) is 4. The molecule has 1 heterocycles. The van der Waals surface area contributed by atoms with Crippen LogP contribution in [0.25, 0.3) is 0 Å². The molecule has 0 aromatic heterocycles. The van der Waals surface area contributed by atoms with Gasteiger partial charge in [-0.1, -0.05) is 12.1 Å². The first-order valence-corrected chi connectivity index (χ1v) is 6.38. The second kappa shape index (κ2) is 5.38. The number of ether oxygens (including phenoxy) is 2. The molecule has 5 heteroatoms. The van der Waals surface area contributed by atoms with E-state index < -0.39 is 0 Å². The zero-order valence-electron chi connectivity index (χ0n) is 10.9. The van der Waals surface area contributed by atoms with Gasteiger partial charge < -0.3 is 20.5 Å². The summed E-state index contributed by atoms with van der Waals surface area (Å²) in [5.74, 6) is 1.20. The first-order chi connectivity index (χ1) is 9.78. The van der Waals surface area contributed by atoms with E-state index in [1.807, 2.05) is 24.3 Å². The minimum Gasteiger partial charge on any atom is -0.454 e. The van der Waals surface area contributed by atoms with Gasteiger partial charge >= 0.3 is 0 Å². The lowest BCUT2D eigenvalue weighted by atomic mass is 10.1. The Morgan fingerprint density at radius 2 is 2.00 bits per heavy atom. The van der Waals surface area contributed by atoms with Gasteiger partial charge in [0.25, 0.3) is 0 Å². The second-order valence-electron chi connectivity index (χ2n) is 4.51. The van der Waals surface area contributed by atoms with Gasteiger partial charge in [0, 0.05) is 24.3 Å². The molecule has 0 fully saturated rings. The molecule has 0 radical (unpaired) electrons. The van der Waals surface area contributed by atoms with Gasteiger partial charge in [-0.3, -0.25) is 0 Å². The predicted molar refractivity (Wildman–Crippen MR) is 74.2 cm³/mol. The summed E-state index contributed by atoms with van der Waals surface area (Å²) in [6, 6.07) is 10.6. The summed E-state index contributed by atoms with van der Waals surface area (Å²) in [6.45, 7) is 0.983. The fraction of sp³-hybridized carbons (Fsp3) is 0.200. The van der Waals surface area contributed by atoms with Crippen LogP contribution < -0.4 is 20.5 Å². The summed E-state index contributed by atoms with van der Waals surface area (Å²) in [4.78, 5) is 0. The third kappa shape index (κ3) is 2.40. The van der Waals surface area contributed by atoms with E-state index >= 15 is 0 Å². The number of benzene rings is 2. The van der Waals surface area contributed by atoms with Crippen molar-refractivity contribution < 1.29 is 13.9 Å². The number of hydrogen-bond donors (Lipinski definition) is 2. The third-order valence-electron chi connectivity index (χ3n) is 3.24. The molecule has 3 N–H and O–H groups in total. The van der Waals surface area contributed by atoms with Crippen LogP contribution in [0.3, 0.4) is 0 Å². The van der Waals surface area contributed by atoms with Crippen LogP contribution in [-0.2, 0) is 13.1 Å². The van der Waals surface area contributed by atoms with Crippen molar-refractivity contribution in [1.82, 2.24) is 0 Å². The summed E-state index contributed by atoms with van der Waals surface area (Å²) in [6.07, 6.45) is 0. The Bertz CT molecular complexity index is 631. The number of rotatable bonds is 4. The van der Waals surface area contributed by atoms with Crippen molar-refractivity contribution in [2.24, 2.45) is 5.73 Å². The molecule has 1 aliphatic heterocycles. The number of anilines is 1. The number of nitrogens with two attached hydrogens (primary N) is 1. The van der Waals surface area contributed by atoms with Crippen LogP contribution in [-0.4, -0.2) is 6.79 Å². The summed E-state index contributed by atoms with van der Waals surface area (Å²) >= 11 is 0. The molecule has 0 saturated carbocycles. The lowest BCUT2D eigenvalue weighted by Crippen LogP contribution is -2.07. The highest BCUT2D eigenvalue weighted by Crippen LogP contribution is 2.32. The van der Waals surface area contributed by atoms with Crippen molar-refractivity contribution in [3.63, 3.8) is 0 Å². The Morgan fingerprint density at radius 1 is 1.15 bits per heavy atom. The first kappa shape index (κ1) is 12.7. The zero-order chi connectivity index (χ0) is 13.9. The average molecular weight is 274 g/mol. The Hall–Kier alpha value is -2.27. The molecule has 20 heavy (non-hydrogen) atoms. The van der Waals surface area contributed by atoms with E-state index in [0.29, 0.717) is 17.8 Å². The van der Waals surface area contributed by atoms with E-state index in [-0.39, 0.29) is 19.2 Å². The van der Waals surface area contributed by atoms with Crippen LogP contribution in [0.5, 0.6) is 11.5 Å². The Balaban J connectivity index is 1.75. The van der Waals surface area contributed by atoms with Crippen LogP contribution >= 0.6 is 0 Å². The van der Waals surface area contributed by atoms with E-state index in [9.17, 15) is 4.39 Å². The zero-order valence-corrected chi connectivity index (χ0v) is 10.9. The summed E-state index contributed by atoms with van der Waals surface area (Å²) in [7, 11) is 0. The summed E-state index contributed by atoms with van der Waals surface area (Å²) in [5.41, 5.74) is 7.81. The topological polar surface area (TPSA) is 56.5 Å². The predicted octanol–water partition coefficient (Wildman–Crippen LogP) is 2.63. The van der Waals surface area contributed by atoms with Crippen molar-refractivity contribution in [3.05, 3.63) is 53.3 Å². The molecular weight excluding hydrogens is 259 g/mol. The van der Waals surface area contributed by atoms with E-state index in [4.69, 9.17) is 15.2 Å². The van der Waals surface area contributed by atoms with Gasteiger partial charge in [0.15, 0.2) is 11.5 Å². The maximum absolute atomic E-state index is 13.6. The van der Waals surface area contributed by atoms with Crippen molar-refractivity contribution in [3.8, 4) is 11.5 Å². The minimum atomic E-state index is -0.289. The van der Waals surface area contributed by atoms with Crippen LogP contribution in [0.4, 0.5) is 10.1 Å². The number of fused-ring (bicyclic) bond motifs is 1. The van der Waals surface area contributed by atoms with Crippen molar-refractivity contribution in [2.45, 2.75) is 13.1 Å². The van der Waals surface area contributed by atoms with Gasteiger partial charge in [-0.2, -0.15) is 0 Å². The molecule has 2 aromatic carbocycles. The smallest absolute Gasteiger partial charge is 0.231 e. The van der Waals surface area contributed by atoms with E-state index in [2.05, 4.69) is 5.32 Å². The standard InChI is InChI=1S/C15H15FN2O2/c16-12-2-1-3-13(11(12)7-17)18-8-10-4-5-14-15(6-10)20-9-19-14/h1-6,18H,7-9,17H2. The second-order valence-corrected chi connectivity index (χ2v) is 4.51. The van der Waals surface area contributed by atoms with Gasteiger partial charge in [0.1, 0.15) is 5.82 Å². The van der Waals surface area contributed by atoms with Crippen LogP contribution in [0.1, 0.15) is 11.1 Å². The molecule has 3 rings (SSSR count). The summed E-state index contributed by atoms with van der Waals surface area (Å²) < 4.78 is 24.2. The highest BCUT2D eigenvalue weighted by Gasteiger charge is 2.13. The fourth-order valence-corrected chi connectivity index (χ4v) is 2.18. The van der Waals surface area contributed by atoms with Crippen LogP contribution in [0.2, 0.25) is 0 Å². The molecular formula is C15H15FN2O2. The third-order valence-corrected chi connectivity index (χ3v) is 3.24. The lowest BCUT2D eigenvalue weighted by molar-refractivity contribution is 0.174. The molecule has 2 aromatic rings. The molecule has 0 bridgehead atoms. The van der Waals surface area contributed by atoms with Gasteiger partial charge in [-0.05, 0) is 29.8 Å². The van der Waals surface area contributed by atoms with Crippen LogP contribution in [0.15, 0.2) is 36.4 Å². The molecule has 104 valence electrons. The van der Waals surface area contributed by atoms with E-state index in [1.165, 1.54) is 6.07 Å². The lowest BCUT2D eigenvalue weighted by Gasteiger charge is -2.12. The SMILES string of the molecule is NCc1c(F)cccc1NCc1ccc2c(c1)OCO2. The van der Waals surface area contributed by atoms with Gasteiger partial charge in [0.05, 0.1) is 0 Å². The highest BCUT2D eigenvalue weighted by molar-refractivity contribution is 5.53. The van der Waals surface area contributed by atoms with Gasteiger partial charge in [-0.25, -0.2) is 4.39 Å². The average Bonchev–Trinajstić information content (AvgIpc) is 2.92. The number of nitrogens with one attached hydrogen (secondary N) is 1. The minimum absolute atomic E-state index is 0.163. The monoisotopic (exact) mass is 274 g/mol. The Labute approximate surface area is 116 Å².